The van der Waals surface area contributed by atoms with E-state index in [-0.39, 0.29) is 30.7 Å². The van der Waals surface area contributed by atoms with Gasteiger partial charge in [0.2, 0.25) is 11.8 Å². The summed E-state index contributed by atoms with van der Waals surface area (Å²) >= 11 is 0. The van der Waals surface area contributed by atoms with E-state index in [0.29, 0.717) is 24.4 Å². The minimum absolute atomic E-state index is 0. The standard InChI is InChI=1S/C19H23N3O2.2ClH/c1-13-17(21-19(24-13)14-5-3-2-4-6-14)11-18(23)22-15-7-8-16(22)12-20-10-9-15;;/h2-6,15-16,20H,7-12H2,1H3;2*1H. The molecule has 1 aromatic heterocycles. The number of aromatic nitrogens is 1. The number of oxazole rings is 1. The van der Waals surface area contributed by atoms with E-state index in [1.807, 2.05) is 37.3 Å². The summed E-state index contributed by atoms with van der Waals surface area (Å²) in [5.41, 5.74) is 1.70. The Morgan fingerprint density at radius 1 is 1.19 bits per heavy atom. The zero-order valence-electron chi connectivity index (χ0n) is 14.8. The van der Waals surface area contributed by atoms with Gasteiger partial charge in [-0.2, -0.15) is 0 Å². The Morgan fingerprint density at radius 3 is 2.69 bits per heavy atom. The number of rotatable bonds is 3. The monoisotopic (exact) mass is 397 g/mol. The van der Waals surface area contributed by atoms with Gasteiger partial charge in [0.05, 0.1) is 12.1 Å². The van der Waals surface area contributed by atoms with Crippen molar-refractivity contribution in [1.82, 2.24) is 15.2 Å². The zero-order valence-corrected chi connectivity index (χ0v) is 16.4. The number of nitrogens with zero attached hydrogens (tertiary/aromatic N) is 2. The van der Waals surface area contributed by atoms with Gasteiger partial charge in [-0.1, -0.05) is 18.2 Å². The van der Waals surface area contributed by atoms with Gasteiger partial charge in [-0.05, 0) is 44.9 Å². The number of benzene rings is 1. The maximum Gasteiger partial charge on any atom is 0.229 e. The normalized spacial score (nSPS) is 21.5. The SMILES string of the molecule is Cc1oc(-c2ccccc2)nc1CC(=O)N1C2CCNCC1CC2.Cl.Cl. The molecule has 1 aromatic carbocycles. The van der Waals surface area contributed by atoms with Crippen LogP contribution in [0.1, 0.15) is 30.7 Å². The molecule has 0 saturated carbocycles. The zero-order chi connectivity index (χ0) is 16.5. The van der Waals surface area contributed by atoms with Crippen LogP contribution in [-0.4, -0.2) is 41.0 Å². The summed E-state index contributed by atoms with van der Waals surface area (Å²) in [6, 6.07) is 10.6. The minimum Gasteiger partial charge on any atom is -0.441 e. The van der Waals surface area contributed by atoms with Gasteiger partial charge in [0.15, 0.2) is 0 Å². The topological polar surface area (TPSA) is 58.4 Å². The van der Waals surface area contributed by atoms with E-state index in [1.54, 1.807) is 0 Å². The number of nitrogens with one attached hydrogen (secondary N) is 1. The molecule has 3 heterocycles. The van der Waals surface area contributed by atoms with Crippen molar-refractivity contribution in [2.24, 2.45) is 0 Å². The second kappa shape index (κ2) is 8.89. The van der Waals surface area contributed by atoms with Crippen LogP contribution >= 0.6 is 24.8 Å². The molecule has 0 aliphatic carbocycles. The van der Waals surface area contributed by atoms with Gasteiger partial charge in [-0.25, -0.2) is 4.98 Å². The Bertz CT molecular complexity index is 722. The molecule has 0 spiro atoms. The number of hydrogen-bond donors (Lipinski definition) is 1. The molecule has 142 valence electrons. The second-order valence-corrected chi connectivity index (χ2v) is 6.74. The highest BCUT2D eigenvalue weighted by molar-refractivity contribution is 5.85. The molecule has 1 amide bonds. The number of hydrogen-bond acceptors (Lipinski definition) is 4. The summed E-state index contributed by atoms with van der Waals surface area (Å²) in [5.74, 6) is 1.51. The van der Waals surface area contributed by atoms with Gasteiger partial charge >= 0.3 is 0 Å². The van der Waals surface area contributed by atoms with E-state index in [0.717, 1.165) is 49.4 Å². The summed E-state index contributed by atoms with van der Waals surface area (Å²) in [7, 11) is 0. The molecule has 7 heteroatoms. The molecule has 26 heavy (non-hydrogen) atoms. The van der Waals surface area contributed by atoms with Gasteiger partial charge in [-0.3, -0.25) is 4.79 Å². The Balaban J connectivity index is 0.00000121. The molecular formula is C19H25Cl2N3O2. The van der Waals surface area contributed by atoms with Crippen molar-refractivity contribution in [3.8, 4) is 11.5 Å². The minimum atomic E-state index is 0. The average Bonchev–Trinajstić information content (AvgIpc) is 3.07. The van der Waals surface area contributed by atoms with Crippen LogP contribution in [0.3, 0.4) is 0 Å². The van der Waals surface area contributed by atoms with Gasteiger partial charge in [0.1, 0.15) is 5.76 Å². The third kappa shape index (κ3) is 4.05. The van der Waals surface area contributed by atoms with Gasteiger partial charge in [0.25, 0.3) is 0 Å². The van der Waals surface area contributed by atoms with E-state index < -0.39 is 0 Å². The van der Waals surface area contributed by atoms with Crippen molar-refractivity contribution >= 4 is 30.7 Å². The van der Waals surface area contributed by atoms with Crippen LogP contribution < -0.4 is 5.32 Å². The molecule has 2 aliphatic heterocycles. The number of carbonyl (C=O) groups is 1. The smallest absolute Gasteiger partial charge is 0.229 e. The molecular weight excluding hydrogens is 373 g/mol. The maximum absolute atomic E-state index is 12.9. The number of carbonyl (C=O) groups excluding carboxylic acids is 1. The fraction of sp³-hybridized carbons (Fsp3) is 0.474. The molecule has 2 aliphatic rings. The molecule has 2 unspecified atom stereocenters. The lowest BCUT2D eigenvalue weighted by Gasteiger charge is -2.27. The summed E-state index contributed by atoms with van der Waals surface area (Å²) in [4.78, 5) is 19.6. The molecule has 2 saturated heterocycles. The maximum atomic E-state index is 12.9. The Hall–Kier alpha value is -1.56. The van der Waals surface area contributed by atoms with Crippen LogP contribution in [0.15, 0.2) is 34.7 Å². The number of aryl methyl sites for hydroxylation is 1. The van der Waals surface area contributed by atoms with E-state index in [2.05, 4.69) is 15.2 Å². The molecule has 2 atom stereocenters. The third-order valence-corrected chi connectivity index (χ3v) is 5.17. The second-order valence-electron chi connectivity index (χ2n) is 6.74. The Labute approximate surface area is 166 Å². The lowest BCUT2D eigenvalue weighted by atomic mass is 10.1. The van der Waals surface area contributed by atoms with Crippen LogP contribution in [0.5, 0.6) is 0 Å². The predicted octanol–water partition coefficient (Wildman–Crippen LogP) is 3.39. The van der Waals surface area contributed by atoms with Gasteiger partial charge in [-0.15, -0.1) is 24.8 Å². The van der Waals surface area contributed by atoms with E-state index >= 15 is 0 Å². The molecule has 2 aromatic rings. The molecule has 1 N–H and O–H groups in total. The van der Waals surface area contributed by atoms with E-state index in [1.165, 1.54) is 0 Å². The van der Waals surface area contributed by atoms with E-state index in [9.17, 15) is 4.79 Å². The summed E-state index contributed by atoms with van der Waals surface area (Å²) < 4.78 is 5.79. The lowest BCUT2D eigenvalue weighted by Crippen LogP contribution is -2.43. The predicted molar refractivity (Wildman–Crippen MR) is 106 cm³/mol. The first-order valence-electron chi connectivity index (χ1n) is 8.76. The Kier molecular flexibility index (Phi) is 7.09. The van der Waals surface area contributed by atoms with Crippen LogP contribution in [0.4, 0.5) is 0 Å². The first-order chi connectivity index (χ1) is 11.7. The number of halogens is 2. The summed E-state index contributed by atoms with van der Waals surface area (Å²) in [6.45, 7) is 3.81. The van der Waals surface area contributed by atoms with Crippen molar-refractivity contribution in [1.29, 1.82) is 0 Å². The quantitative estimate of drug-likeness (QED) is 0.861. The van der Waals surface area contributed by atoms with Crippen LogP contribution in [0.2, 0.25) is 0 Å². The van der Waals surface area contributed by atoms with Crippen molar-refractivity contribution in [2.75, 3.05) is 13.1 Å². The number of fused-ring (bicyclic) bond motifs is 2. The van der Waals surface area contributed by atoms with Crippen LogP contribution in [0, 0.1) is 6.92 Å². The Morgan fingerprint density at radius 2 is 1.92 bits per heavy atom. The van der Waals surface area contributed by atoms with Crippen LogP contribution in [-0.2, 0) is 11.2 Å². The highest BCUT2D eigenvalue weighted by Gasteiger charge is 2.38. The average molecular weight is 398 g/mol. The van der Waals surface area contributed by atoms with Crippen LogP contribution in [0.25, 0.3) is 11.5 Å². The molecule has 5 nitrogen and oxygen atoms in total. The molecule has 2 bridgehead atoms. The molecule has 0 radical (unpaired) electrons. The molecule has 2 fully saturated rings. The first kappa shape index (κ1) is 20.7. The lowest BCUT2D eigenvalue weighted by molar-refractivity contribution is -0.133. The van der Waals surface area contributed by atoms with Gasteiger partial charge in [0, 0.05) is 24.2 Å². The molecule has 4 rings (SSSR count). The van der Waals surface area contributed by atoms with Crippen molar-refractivity contribution < 1.29 is 9.21 Å². The third-order valence-electron chi connectivity index (χ3n) is 5.17. The highest BCUT2D eigenvalue weighted by Crippen LogP contribution is 2.29. The van der Waals surface area contributed by atoms with E-state index in [4.69, 9.17) is 4.42 Å². The summed E-state index contributed by atoms with van der Waals surface area (Å²) in [5, 5.41) is 3.44. The van der Waals surface area contributed by atoms with Gasteiger partial charge < -0.3 is 14.6 Å². The first-order valence-corrected chi connectivity index (χ1v) is 8.76. The summed E-state index contributed by atoms with van der Waals surface area (Å²) in [6.07, 6.45) is 3.62. The highest BCUT2D eigenvalue weighted by atomic mass is 35.5. The fourth-order valence-corrected chi connectivity index (χ4v) is 3.92. The largest absolute Gasteiger partial charge is 0.441 e. The number of amides is 1. The fourth-order valence-electron chi connectivity index (χ4n) is 3.92. The van der Waals surface area contributed by atoms with Crippen molar-refractivity contribution in [2.45, 2.75) is 44.7 Å². The van der Waals surface area contributed by atoms with Crippen molar-refractivity contribution in [3.05, 3.63) is 41.8 Å². The van der Waals surface area contributed by atoms with Crippen molar-refractivity contribution in [3.63, 3.8) is 0 Å².